The number of carbonyl (C=O) groups excluding carboxylic acids is 2. The Hall–Kier alpha value is -2.35. The smallest absolute Gasteiger partial charge is 0.338 e. The summed E-state index contributed by atoms with van der Waals surface area (Å²) in [5.74, 6) is -0.267. The van der Waals surface area contributed by atoms with Gasteiger partial charge in [-0.3, -0.25) is 4.79 Å². The van der Waals surface area contributed by atoms with Crippen LogP contribution in [0.25, 0.3) is 10.9 Å². The molecule has 1 N–H and O–H groups in total. The molecule has 1 fully saturated rings. The maximum atomic E-state index is 12.5. The van der Waals surface area contributed by atoms with Crippen molar-refractivity contribution in [3.8, 4) is 0 Å². The zero-order valence-corrected chi connectivity index (χ0v) is 17.5. The number of hydrogen-bond donors (Lipinski definition) is 1. The molecule has 7 nitrogen and oxygen atoms in total. The van der Waals surface area contributed by atoms with Crippen molar-refractivity contribution in [1.82, 2.24) is 9.88 Å². The molecule has 0 spiro atoms. The van der Waals surface area contributed by atoms with Gasteiger partial charge in [-0.15, -0.1) is 0 Å². The summed E-state index contributed by atoms with van der Waals surface area (Å²) in [5.41, 5.74) is 3.94. The number of ether oxygens (including phenoxy) is 1. The van der Waals surface area contributed by atoms with Gasteiger partial charge in [0.05, 0.1) is 17.1 Å². The number of nitrogens with zero attached hydrogens (tertiary/aromatic N) is 1. The number of H-pyrrole nitrogens is 1. The minimum absolute atomic E-state index is 0.0309. The summed E-state index contributed by atoms with van der Waals surface area (Å²) in [7, 11) is -1.52. The first-order valence-electron chi connectivity index (χ1n) is 10.00. The van der Waals surface area contributed by atoms with E-state index >= 15 is 0 Å². The molecule has 2 aromatic rings. The number of fused-ring (bicyclic) bond motifs is 3. The number of likely N-dealkylation sites (N-methyl/N-ethyl adjacent to an activating group) is 1. The van der Waals surface area contributed by atoms with Crippen LogP contribution in [0, 0.1) is 5.92 Å². The van der Waals surface area contributed by atoms with Gasteiger partial charge >= 0.3 is 5.97 Å². The van der Waals surface area contributed by atoms with Crippen LogP contribution < -0.4 is 0 Å². The Morgan fingerprint density at radius 3 is 2.79 bits per heavy atom. The van der Waals surface area contributed by atoms with Gasteiger partial charge in [-0.2, -0.15) is 0 Å². The van der Waals surface area contributed by atoms with E-state index in [9.17, 15) is 18.0 Å². The molecule has 156 valence electrons. The number of esters is 1. The Labute approximate surface area is 170 Å². The lowest BCUT2D eigenvalue weighted by molar-refractivity contribution is -0.134. The van der Waals surface area contributed by atoms with E-state index in [1.54, 1.807) is 13.1 Å². The molecule has 2 aliphatic rings. The minimum Gasteiger partial charge on any atom is -0.452 e. The Bertz CT molecular complexity index is 1070. The van der Waals surface area contributed by atoms with E-state index in [0.717, 1.165) is 30.2 Å². The van der Waals surface area contributed by atoms with Crippen LogP contribution in [0.4, 0.5) is 0 Å². The molecular weight excluding hydrogens is 392 g/mol. The van der Waals surface area contributed by atoms with Crippen LogP contribution >= 0.6 is 0 Å². The molecule has 1 aromatic carbocycles. The van der Waals surface area contributed by atoms with E-state index in [-0.39, 0.29) is 17.5 Å². The molecule has 0 radical (unpaired) electrons. The van der Waals surface area contributed by atoms with Crippen molar-refractivity contribution in [1.29, 1.82) is 0 Å². The largest absolute Gasteiger partial charge is 0.452 e. The predicted molar refractivity (Wildman–Crippen MR) is 110 cm³/mol. The zero-order valence-electron chi connectivity index (χ0n) is 16.7. The quantitative estimate of drug-likeness (QED) is 0.767. The molecule has 2 atom stereocenters. The first kappa shape index (κ1) is 19.9. The molecule has 0 bridgehead atoms. The molecule has 1 saturated heterocycles. The highest BCUT2D eigenvalue weighted by molar-refractivity contribution is 7.91. The maximum absolute atomic E-state index is 12.5. The second-order valence-electron chi connectivity index (χ2n) is 8.33. The second-order valence-corrected chi connectivity index (χ2v) is 10.6. The standard InChI is InChI=1S/C21H26N2O5S/c1-13-3-5-18-16(9-13)17-10-14(4-6-19(17)22-18)21(25)28-11-20(24)23(2)15-7-8-29(26,27)12-15/h4,6,10,13,15,22H,3,5,7-9,11-12H2,1-2H3/t13-,15-/m1/s1. The molecule has 4 rings (SSSR count). The van der Waals surface area contributed by atoms with Crippen LogP contribution in [0.3, 0.4) is 0 Å². The monoisotopic (exact) mass is 418 g/mol. The van der Waals surface area contributed by atoms with Crippen molar-refractivity contribution in [3.05, 3.63) is 35.0 Å². The van der Waals surface area contributed by atoms with Gasteiger partial charge in [0.2, 0.25) is 0 Å². The number of amides is 1. The van der Waals surface area contributed by atoms with Crippen LogP contribution in [0.5, 0.6) is 0 Å². The van der Waals surface area contributed by atoms with Gasteiger partial charge < -0.3 is 14.6 Å². The fourth-order valence-electron chi connectivity index (χ4n) is 4.32. The molecule has 0 saturated carbocycles. The van der Waals surface area contributed by atoms with Gasteiger partial charge in [0, 0.05) is 29.7 Å². The summed E-state index contributed by atoms with van der Waals surface area (Å²) >= 11 is 0. The van der Waals surface area contributed by atoms with Crippen LogP contribution in [-0.2, 0) is 32.2 Å². The molecule has 1 amide bonds. The summed E-state index contributed by atoms with van der Waals surface area (Å²) in [5, 5.41) is 1.04. The third-order valence-electron chi connectivity index (χ3n) is 6.15. The highest BCUT2D eigenvalue weighted by Gasteiger charge is 2.33. The van der Waals surface area contributed by atoms with Crippen LogP contribution in [0.2, 0.25) is 0 Å². The summed E-state index contributed by atoms with van der Waals surface area (Å²) in [4.78, 5) is 29.6. The molecule has 8 heteroatoms. The first-order valence-corrected chi connectivity index (χ1v) is 11.8. The van der Waals surface area contributed by atoms with Crippen molar-refractivity contribution in [2.24, 2.45) is 5.92 Å². The van der Waals surface area contributed by atoms with Gasteiger partial charge in [-0.25, -0.2) is 13.2 Å². The number of carbonyl (C=O) groups is 2. The fraction of sp³-hybridized carbons (Fsp3) is 0.524. The number of aromatic amines is 1. The normalized spacial score (nSPS) is 23.0. The van der Waals surface area contributed by atoms with E-state index in [0.29, 0.717) is 17.9 Å². The fourth-order valence-corrected chi connectivity index (χ4v) is 6.09. The number of aromatic nitrogens is 1. The van der Waals surface area contributed by atoms with Crippen LogP contribution in [0.15, 0.2) is 18.2 Å². The molecular formula is C21H26N2O5S. The average Bonchev–Trinajstić information content (AvgIpc) is 3.24. The molecule has 1 aliphatic heterocycles. The molecule has 1 aromatic heterocycles. The van der Waals surface area contributed by atoms with Crippen molar-refractivity contribution in [2.75, 3.05) is 25.2 Å². The van der Waals surface area contributed by atoms with E-state index < -0.39 is 28.3 Å². The number of aryl methyl sites for hydroxylation is 1. The van der Waals surface area contributed by atoms with Crippen LogP contribution in [-0.4, -0.2) is 61.4 Å². The van der Waals surface area contributed by atoms with E-state index in [4.69, 9.17) is 4.74 Å². The zero-order chi connectivity index (χ0) is 20.8. The third kappa shape index (κ3) is 4.03. The number of sulfone groups is 1. The molecule has 29 heavy (non-hydrogen) atoms. The lowest BCUT2D eigenvalue weighted by atomic mass is 9.87. The predicted octanol–water partition coefficient (Wildman–Crippen LogP) is 2.09. The van der Waals surface area contributed by atoms with Crippen molar-refractivity contribution < 1.29 is 22.7 Å². The van der Waals surface area contributed by atoms with E-state index in [1.807, 2.05) is 12.1 Å². The van der Waals surface area contributed by atoms with Crippen molar-refractivity contribution in [2.45, 2.75) is 38.6 Å². The third-order valence-corrected chi connectivity index (χ3v) is 7.90. The molecule has 2 heterocycles. The minimum atomic E-state index is -3.08. The van der Waals surface area contributed by atoms with Gasteiger partial charge in [0.1, 0.15) is 0 Å². The summed E-state index contributed by atoms with van der Waals surface area (Å²) in [6, 6.07) is 5.07. The number of rotatable bonds is 4. The SMILES string of the molecule is C[C@@H]1CCc2[nH]c3ccc(C(=O)OCC(=O)N(C)[C@@H]4CCS(=O)(=O)C4)cc3c2C1. The maximum Gasteiger partial charge on any atom is 0.338 e. The van der Waals surface area contributed by atoms with Gasteiger partial charge in [0.25, 0.3) is 5.91 Å². The summed E-state index contributed by atoms with van der Waals surface area (Å²) in [6.07, 6.45) is 3.59. The first-order chi connectivity index (χ1) is 13.7. The van der Waals surface area contributed by atoms with Gasteiger partial charge in [0.15, 0.2) is 16.4 Å². The van der Waals surface area contributed by atoms with Crippen molar-refractivity contribution >= 4 is 32.6 Å². The Morgan fingerprint density at radius 2 is 2.07 bits per heavy atom. The lowest BCUT2D eigenvalue weighted by Gasteiger charge is -2.23. The lowest BCUT2D eigenvalue weighted by Crippen LogP contribution is -2.40. The highest BCUT2D eigenvalue weighted by Crippen LogP contribution is 2.32. The molecule has 0 unspecified atom stereocenters. The van der Waals surface area contributed by atoms with E-state index in [1.165, 1.54) is 16.2 Å². The Kier molecular flexibility index (Phi) is 5.14. The number of hydrogen-bond acceptors (Lipinski definition) is 5. The highest BCUT2D eigenvalue weighted by atomic mass is 32.2. The van der Waals surface area contributed by atoms with Crippen molar-refractivity contribution in [3.63, 3.8) is 0 Å². The molecule has 1 aliphatic carbocycles. The van der Waals surface area contributed by atoms with Crippen LogP contribution in [0.1, 0.15) is 41.4 Å². The average molecular weight is 419 g/mol. The summed E-state index contributed by atoms with van der Waals surface area (Å²) in [6.45, 7) is 1.84. The number of nitrogens with one attached hydrogen (secondary N) is 1. The number of benzene rings is 1. The topological polar surface area (TPSA) is 96.5 Å². The Morgan fingerprint density at radius 1 is 1.28 bits per heavy atom. The summed E-state index contributed by atoms with van der Waals surface area (Å²) < 4.78 is 28.4. The van der Waals surface area contributed by atoms with E-state index in [2.05, 4.69) is 11.9 Å². The Balaban J connectivity index is 1.42. The second kappa shape index (κ2) is 7.48. The van der Waals surface area contributed by atoms with Gasteiger partial charge in [-0.05, 0) is 55.4 Å². The van der Waals surface area contributed by atoms with Gasteiger partial charge in [-0.1, -0.05) is 6.92 Å².